The third-order valence-electron chi connectivity index (χ3n) is 3.40. The van der Waals surface area contributed by atoms with E-state index in [0.717, 1.165) is 0 Å². The van der Waals surface area contributed by atoms with Crippen LogP contribution in [0.15, 0.2) is 24.8 Å². The van der Waals surface area contributed by atoms with Gasteiger partial charge in [0.25, 0.3) is 5.91 Å². The summed E-state index contributed by atoms with van der Waals surface area (Å²) in [7, 11) is 0. The van der Waals surface area contributed by atoms with E-state index in [4.69, 9.17) is 28.4 Å². The van der Waals surface area contributed by atoms with Crippen LogP contribution >= 0.6 is 0 Å². The highest BCUT2D eigenvalue weighted by Crippen LogP contribution is 1.97. The molecule has 0 bridgehead atoms. The number of hydrogen-bond donors (Lipinski definition) is 1. The van der Waals surface area contributed by atoms with Crippen LogP contribution in [0, 0.1) is 0 Å². The van der Waals surface area contributed by atoms with Gasteiger partial charge < -0.3 is 33.7 Å². The number of amides is 1. The highest BCUT2D eigenvalue weighted by Gasteiger charge is 2.12. The van der Waals surface area contributed by atoms with E-state index in [-0.39, 0.29) is 12.0 Å². The molecule has 1 fully saturated rings. The molecule has 0 aromatic heterocycles. The maximum atomic E-state index is 11.8. The lowest BCUT2D eigenvalue weighted by molar-refractivity contribution is -0.118. The summed E-state index contributed by atoms with van der Waals surface area (Å²) < 4.78 is 32.9. The second kappa shape index (κ2) is 15.9. The van der Waals surface area contributed by atoms with Gasteiger partial charge >= 0.3 is 0 Å². The summed E-state index contributed by atoms with van der Waals surface area (Å²) in [6.07, 6.45) is 1.12. The van der Waals surface area contributed by atoms with Gasteiger partial charge in [0.05, 0.1) is 78.8 Å². The molecule has 150 valence electrons. The third kappa shape index (κ3) is 12.1. The van der Waals surface area contributed by atoms with Gasteiger partial charge in [-0.1, -0.05) is 19.2 Å². The van der Waals surface area contributed by atoms with Gasteiger partial charge in [-0.15, -0.1) is 0 Å². The molecule has 1 amide bonds. The molecule has 26 heavy (non-hydrogen) atoms. The van der Waals surface area contributed by atoms with Gasteiger partial charge in [0.15, 0.2) is 0 Å². The highest BCUT2D eigenvalue weighted by molar-refractivity contribution is 5.95. The topological polar surface area (TPSA) is 84.5 Å². The van der Waals surface area contributed by atoms with Gasteiger partial charge in [0.1, 0.15) is 0 Å². The maximum Gasteiger partial charge on any atom is 0.250 e. The Bertz CT molecular complexity index is 385. The fourth-order valence-electron chi connectivity index (χ4n) is 1.95. The SMILES string of the molecule is C=CC(=C)C(=O)NCC1COCCOCCOCCOCCOCCO1. The van der Waals surface area contributed by atoms with Crippen molar-refractivity contribution in [2.45, 2.75) is 6.10 Å². The van der Waals surface area contributed by atoms with Crippen LogP contribution in [0.3, 0.4) is 0 Å². The number of hydrogen-bond acceptors (Lipinski definition) is 7. The Labute approximate surface area is 155 Å². The molecular weight excluding hydrogens is 342 g/mol. The molecule has 1 saturated heterocycles. The Kier molecular flexibility index (Phi) is 13.9. The normalized spacial score (nSPS) is 22.5. The predicted octanol–water partition coefficient (Wildman–Crippen LogP) is 0.327. The summed E-state index contributed by atoms with van der Waals surface area (Å²) in [5, 5.41) is 2.75. The van der Waals surface area contributed by atoms with Crippen molar-refractivity contribution in [2.24, 2.45) is 0 Å². The van der Waals surface area contributed by atoms with Crippen LogP contribution < -0.4 is 5.32 Å². The molecule has 1 aliphatic rings. The maximum absolute atomic E-state index is 11.8. The van der Waals surface area contributed by atoms with Crippen LogP contribution in [0.1, 0.15) is 0 Å². The molecule has 8 heteroatoms. The van der Waals surface area contributed by atoms with Crippen molar-refractivity contribution >= 4 is 5.91 Å². The molecule has 0 aromatic rings. The van der Waals surface area contributed by atoms with Crippen molar-refractivity contribution < 1.29 is 33.2 Å². The van der Waals surface area contributed by atoms with Gasteiger partial charge in [-0.05, 0) is 0 Å². The molecule has 1 heterocycles. The first-order chi connectivity index (χ1) is 12.7. The quantitative estimate of drug-likeness (QED) is 0.561. The van der Waals surface area contributed by atoms with Crippen LogP contribution in [0.2, 0.25) is 0 Å². The van der Waals surface area contributed by atoms with Crippen LogP contribution in [0.4, 0.5) is 0 Å². The predicted molar refractivity (Wildman–Crippen MR) is 96.2 cm³/mol. The zero-order valence-electron chi connectivity index (χ0n) is 15.4. The summed E-state index contributed by atoms with van der Waals surface area (Å²) >= 11 is 0. The van der Waals surface area contributed by atoms with Crippen molar-refractivity contribution in [3.8, 4) is 0 Å². The minimum Gasteiger partial charge on any atom is -0.377 e. The van der Waals surface area contributed by atoms with E-state index in [1.807, 2.05) is 0 Å². The first-order valence-electron chi connectivity index (χ1n) is 8.84. The Morgan fingerprint density at radius 2 is 1.31 bits per heavy atom. The van der Waals surface area contributed by atoms with Crippen molar-refractivity contribution in [2.75, 3.05) is 79.2 Å². The molecule has 0 radical (unpaired) electrons. The van der Waals surface area contributed by atoms with Crippen molar-refractivity contribution in [1.82, 2.24) is 5.32 Å². The van der Waals surface area contributed by atoms with E-state index in [1.54, 1.807) is 0 Å². The smallest absolute Gasteiger partial charge is 0.250 e. The van der Waals surface area contributed by atoms with E-state index in [1.165, 1.54) is 6.08 Å². The monoisotopic (exact) mass is 373 g/mol. The number of carbonyl (C=O) groups excluding carboxylic acids is 1. The van der Waals surface area contributed by atoms with Crippen LogP contribution in [0.5, 0.6) is 0 Å². The second-order valence-electron chi connectivity index (χ2n) is 5.46. The number of nitrogens with one attached hydrogen (secondary N) is 1. The molecule has 0 aromatic carbocycles. The van der Waals surface area contributed by atoms with E-state index < -0.39 is 0 Å². The molecule has 0 saturated carbocycles. The van der Waals surface area contributed by atoms with Gasteiger partial charge in [-0.2, -0.15) is 0 Å². The fourth-order valence-corrected chi connectivity index (χ4v) is 1.95. The van der Waals surface area contributed by atoms with Crippen molar-refractivity contribution in [3.63, 3.8) is 0 Å². The lowest BCUT2D eigenvalue weighted by atomic mass is 10.2. The zero-order valence-corrected chi connectivity index (χ0v) is 15.4. The lowest BCUT2D eigenvalue weighted by Crippen LogP contribution is -2.37. The molecule has 1 N–H and O–H groups in total. The summed E-state index contributed by atoms with van der Waals surface area (Å²) in [4.78, 5) is 11.8. The Morgan fingerprint density at radius 1 is 0.846 bits per heavy atom. The van der Waals surface area contributed by atoms with E-state index in [2.05, 4.69) is 18.5 Å². The lowest BCUT2D eigenvalue weighted by Gasteiger charge is -2.19. The molecule has 0 aliphatic carbocycles. The average molecular weight is 373 g/mol. The van der Waals surface area contributed by atoms with Crippen LogP contribution in [0.25, 0.3) is 0 Å². The zero-order chi connectivity index (χ0) is 18.9. The standard InChI is InChI=1S/C18H31NO7/c1-3-16(2)18(20)19-14-17-15-25-11-10-23-7-6-21-4-5-22-8-9-24-12-13-26-17/h3,17H,1-2,4-15H2,(H,19,20). The fraction of sp³-hybridized carbons (Fsp3) is 0.722. The first kappa shape index (κ1) is 22.8. The van der Waals surface area contributed by atoms with Gasteiger partial charge in [0.2, 0.25) is 0 Å². The minimum absolute atomic E-state index is 0.278. The highest BCUT2D eigenvalue weighted by atomic mass is 16.6. The Hall–Kier alpha value is -1.29. The van der Waals surface area contributed by atoms with E-state index in [9.17, 15) is 4.79 Å². The summed E-state index contributed by atoms with van der Waals surface area (Å²) in [5.74, 6) is -0.278. The Morgan fingerprint density at radius 3 is 1.81 bits per heavy atom. The number of ether oxygens (including phenoxy) is 6. The van der Waals surface area contributed by atoms with Crippen molar-refractivity contribution in [3.05, 3.63) is 24.8 Å². The molecule has 1 atom stereocenters. The molecule has 1 unspecified atom stereocenters. The summed E-state index contributed by atoms with van der Waals surface area (Å²) in [6.45, 7) is 12.6. The number of carbonyl (C=O) groups is 1. The van der Waals surface area contributed by atoms with Crippen LogP contribution in [-0.2, 0) is 33.2 Å². The second-order valence-corrected chi connectivity index (χ2v) is 5.46. The van der Waals surface area contributed by atoms with Crippen molar-refractivity contribution in [1.29, 1.82) is 0 Å². The van der Waals surface area contributed by atoms with Gasteiger partial charge in [-0.25, -0.2) is 0 Å². The summed E-state index contributed by atoms with van der Waals surface area (Å²) in [6, 6.07) is 0. The third-order valence-corrected chi connectivity index (χ3v) is 3.40. The molecule has 1 aliphatic heterocycles. The van der Waals surface area contributed by atoms with Crippen LogP contribution in [-0.4, -0.2) is 91.2 Å². The Balaban J connectivity index is 2.34. The molecule has 0 spiro atoms. The first-order valence-corrected chi connectivity index (χ1v) is 8.84. The molecule has 8 nitrogen and oxygen atoms in total. The number of rotatable bonds is 4. The van der Waals surface area contributed by atoms with E-state index >= 15 is 0 Å². The molecule has 1 rings (SSSR count). The van der Waals surface area contributed by atoms with Gasteiger partial charge in [-0.3, -0.25) is 4.79 Å². The minimum atomic E-state index is -0.293. The molecular formula is C18H31NO7. The summed E-state index contributed by atoms with van der Waals surface area (Å²) in [5.41, 5.74) is 0.310. The van der Waals surface area contributed by atoms with Gasteiger partial charge in [0, 0.05) is 12.1 Å². The largest absolute Gasteiger partial charge is 0.377 e. The average Bonchev–Trinajstić information content (AvgIpc) is 2.66. The van der Waals surface area contributed by atoms with E-state index in [0.29, 0.717) is 84.8 Å².